The van der Waals surface area contributed by atoms with E-state index in [0.29, 0.717) is 12.6 Å². The first-order valence-corrected chi connectivity index (χ1v) is 6.05. The number of nitrogens with zero attached hydrogens (tertiary/aromatic N) is 1. The molecule has 1 rings (SSSR count). The lowest BCUT2D eigenvalue weighted by Gasteiger charge is -2.27. The van der Waals surface area contributed by atoms with E-state index in [0.717, 1.165) is 13.1 Å². The zero-order chi connectivity index (χ0) is 10.6. The molecule has 0 aromatic carbocycles. The van der Waals surface area contributed by atoms with Gasteiger partial charge in [-0.3, -0.25) is 4.90 Å². The van der Waals surface area contributed by atoms with Gasteiger partial charge in [0.15, 0.2) is 0 Å². The Labute approximate surface area is 90.7 Å². The van der Waals surface area contributed by atoms with Crippen LogP contribution in [0.2, 0.25) is 0 Å². The van der Waals surface area contributed by atoms with Crippen LogP contribution < -0.4 is 5.73 Å². The van der Waals surface area contributed by atoms with Crippen molar-refractivity contribution in [1.82, 2.24) is 4.90 Å². The highest BCUT2D eigenvalue weighted by Crippen LogP contribution is 2.26. The van der Waals surface area contributed by atoms with Gasteiger partial charge in [0.05, 0.1) is 6.04 Å². The van der Waals surface area contributed by atoms with Crippen LogP contribution in [0.4, 0.5) is 0 Å². The Morgan fingerprint density at radius 2 is 2.00 bits per heavy atom. The fraction of sp³-hybridized carbons (Fsp3) is 0.636. The second-order valence-electron chi connectivity index (χ2n) is 3.42. The first-order chi connectivity index (χ1) is 6.72. The summed E-state index contributed by atoms with van der Waals surface area (Å²) in [6.07, 6.45) is 0. The van der Waals surface area contributed by atoms with E-state index < -0.39 is 0 Å². The fourth-order valence-corrected chi connectivity index (χ4v) is 2.77. The van der Waals surface area contributed by atoms with Crippen molar-refractivity contribution in [2.24, 2.45) is 5.73 Å². The Morgan fingerprint density at radius 1 is 1.36 bits per heavy atom. The van der Waals surface area contributed by atoms with E-state index >= 15 is 0 Å². The summed E-state index contributed by atoms with van der Waals surface area (Å²) in [5.74, 6) is 0. The minimum absolute atomic E-state index is 0.406. The lowest BCUT2D eigenvalue weighted by molar-refractivity contribution is 0.227. The van der Waals surface area contributed by atoms with E-state index in [1.807, 2.05) is 11.3 Å². The van der Waals surface area contributed by atoms with E-state index in [1.165, 1.54) is 9.75 Å². The van der Waals surface area contributed by atoms with Crippen LogP contribution in [0.15, 0.2) is 12.1 Å². The minimum atomic E-state index is 0.406. The Bertz CT molecular complexity index is 266. The van der Waals surface area contributed by atoms with Crippen LogP contribution in [0.3, 0.4) is 0 Å². The van der Waals surface area contributed by atoms with Gasteiger partial charge < -0.3 is 5.73 Å². The summed E-state index contributed by atoms with van der Waals surface area (Å²) in [6, 6.07) is 4.78. The molecule has 0 radical (unpaired) electrons. The van der Waals surface area contributed by atoms with Crippen LogP contribution in [0.1, 0.15) is 29.6 Å². The van der Waals surface area contributed by atoms with Crippen molar-refractivity contribution in [3.05, 3.63) is 21.9 Å². The quantitative estimate of drug-likeness (QED) is 0.812. The lowest BCUT2D eigenvalue weighted by atomic mass is 10.2. The van der Waals surface area contributed by atoms with Gasteiger partial charge in [-0.15, -0.1) is 11.3 Å². The van der Waals surface area contributed by atoms with E-state index in [1.54, 1.807) is 0 Å². The van der Waals surface area contributed by atoms with E-state index in [-0.39, 0.29) is 0 Å². The second-order valence-corrected chi connectivity index (χ2v) is 4.74. The average Bonchev–Trinajstić information content (AvgIpc) is 2.60. The van der Waals surface area contributed by atoms with Gasteiger partial charge in [-0.05, 0) is 32.1 Å². The van der Waals surface area contributed by atoms with Crippen molar-refractivity contribution in [3.8, 4) is 0 Å². The Kier molecular flexibility index (Phi) is 4.58. The Morgan fingerprint density at radius 3 is 2.36 bits per heavy atom. The molecule has 0 saturated carbocycles. The van der Waals surface area contributed by atoms with Crippen molar-refractivity contribution in [2.75, 3.05) is 19.6 Å². The number of rotatable bonds is 5. The summed E-state index contributed by atoms with van der Waals surface area (Å²) in [6.45, 7) is 9.36. The molecule has 1 unspecified atom stereocenters. The third kappa shape index (κ3) is 2.56. The first kappa shape index (κ1) is 11.7. The van der Waals surface area contributed by atoms with Crippen LogP contribution in [0.5, 0.6) is 0 Å². The molecule has 0 bridgehead atoms. The van der Waals surface area contributed by atoms with E-state index in [9.17, 15) is 0 Å². The summed E-state index contributed by atoms with van der Waals surface area (Å²) < 4.78 is 0. The van der Waals surface area contributed by atoms with Gasteiger partial charge in [0.1, 0.15) is 0 Å². The predicted octanol–water partition coefficient (Wildman–Crippen LogP) is 2.40. The third-order valence-electron chi connectivity index (χ3n) is 2.57. The highest BCUT2D eigenvalue weighted by Gasteiger charge is 2.17. The third-order valence-corrected chi connectivity index (χ3v) is 3.67. The second kappa shape index (κ2) is 5.49. The molecule has 14 heavy (non-hydrogen) atoms. The molecule has 3 heteroatoms. The van der Waals surface area contributed by atoms with Crippen molar-refractivity contribution < 1.29 is 0 Å². The summed E-state index contributed by atoms with van der Waals surface area (Å²) in [7, 11) is 0. The molecule has 0 saturated heterocycles. The first-order valence-electron chi connectivity index (χ1n) is 5.23. The Hall–Kier alpha value is -0.380. The molecule has 1 aromatic rings. The number of hydrogen-bond donors (Lipinski definition) is 1. The molecule has 0 aliphatic carbocycles. The van der Waals surface area contributed by atoms with Crippen LogP contribution in [-0.2, 0) is 0 Å². The molecular weight excluding hydrogens is 192 g/mol. The maximum Gasteiger partial charge on any atom is 0.0564 e. The molecule has 2 N–H and O–H groups in total. The highest BCUT2D eigenvalue weighted by molar-refractivity contribution is 7.12. The predicted molar refractivity (Wildman–Crippen MR) is 63.8 cm³/mol. The summed E-state index contributed by atoms with van der Waals surface area (Å²) in [4.78, 5) is 5.17. The number of likely N-dealkylation sites (N-methyl/N-ethyl adjacent to an activating group) is 1. The SMILES string of the molecule is CCN(CC)C(CN)c1ccc(C)s1. The maximum atomic E-state index is 5.83. The molecule has 0 aliphatic heterocycles. The zero-order valence-electron chi connectivity index (χ0n) is 9.29. The van der Waals surface area contributed by atoms with Gasteiger partial charge >= 0.3 is 0 Å². The minimum Gasteiger partial charge on any atom is -0.329 e. The topological polar surface area (TPSA) is 29.3 Å². The molecule has 0 aliphatic rings. The molecule has 2 nitrogen and oxygen atoms in total. The van der Waals surface area contributed by atoms with Gasteiger partial charge in [0, 0.05) is 16.3 Å². The van der Waals surface area contributed by atoms with Crippen molar-refractivity contribution in [1.29, 1.82) is 0 Å². The normalized spacial score (nSPS) is 13.5. The van der Waals surface area contributed by atoms with E-state index in [2.05, 4.69) is 37.8 Å². The van der Waals surface area contributed by atoms with Crippen LogP contribution in [0.25, 0.3) is 0 Å². The molecule has 0 amide bonds. The van der Waals surface area contributed by atoms with Gasteiger partial charge in [-0.1, -0.05) is 13.8 Å². The number of nitrogens with two attached hydrogens (primary N) is 1. The molecule has 1 aromatic heterocycles. The highest BCUT2D eigenvalue weighted by atomic mass is 32.1. The molecular formula is C11H20N2S. The standard InChI is InChI=1S/C11H20N2S/c1-4-13(5-2)10(8-12)11-7-6-9(3)14-11/h6-7,10H,4-5,8,12H2,1-3H3. The summed E-state index contributed by atoms with van der Waals surface area (Å²) in [5, 5.41) is 0. The fourth-order valence-electron chi connectivity index (χ4n) is 1.74. The summed E-state index contributed by atoms with van der Waals surface area (Å²) >= 11 is 1.86. The van der Waals surface area contributed by atoms with E-state index in [4.69, 9.17) is 5.73 Å². The molecule has 0 fully saturated rings. The van der Waals surface area contributed by atoms with Crippen LogP contribution in [-0.4, -0.2) is 24.5 Å². The largest absolute Gasteiger partial charge is 0.329 e. The number of aryl methyl sites for hydroxylation is 1. The van der Waals surface area contributed by atoms with Crippen molar-refractivity contribution in [2.45, 2.75) is 26.8 Å². The van der Waals surface area contributed by atoms with Gasteiger partial charge in [-0.2, -0.15) is 0 Å². The molecule has 80 valence electrons. The van der Waals surface area contributed by atoms with Crippen molar-refractivity contribution >= 4 is 11.3 Å². The number of thiophene rings is 1. The van der Waals surface area contributed by atoms with Gasteiger partial charge in [0.25, 0.3) is 0 Å². The molecule has 0 spiro atoms. The Balaban J connectivity index is 2.80. The zero-order valence-corrected chi connectivity index (χ0v) is 10.1. The van der Waals surface area contributed by atoms with Gasteiger partial charge in [0.2, 0.25) is 0 Å². The van der Waals surface area contributed by atoms with Gasteiger partial charge in [-0.25, -0.2) is 0 Å². The smallest absolute Gasteiger partial charge is 0.0564 e. The summed E-state index contributed by atoms with van der Waals surface area (Å²) in [5.41, 5.74) is 5.83. The number of hydrogen-bond acceptors (Lipinski definition) is 3. The molecule has 1 atom stereocenters. The monoisotopic (exact) mass is 212 g/mol. The van der Waals surface area contributed by atoms with Crippen LogP contribution >= 0.6 is 11.3 Å². The lowest BCUT2D eigenvalue weighted by Crippen LogP contribution is -2.32. The molecule has 1 heterocycles. The van der Waals surface area contributed by atoms with Crippen molar-refractivity contribution in [3.63, 3.8) is 0 Å². The van der Waals surface area contributed by atoms with Crippen LogP contribution in [0, 0.1) is 6.92 Å². The maximum absolute atomic E-state index is 5.83. The average molecular weight is 212 g/mol.